The Labute approximate surface area is 206 Å². The molecule has 0 radical (unpaired) electrons. The van der Waals surface area contributed by atoms with Crippen molar-refractivity contribution in [2.75, 3.05) is 14.2 Å². The minimum atomic E-state index is -0.277. The van der Waals surface area contributed by atoms with Crippen molar-refractivity contribution in [1.29, 1.82) is 0 Å². The van der Waals surface area contributed by atoms with Crippen LogP contribution in [-0.2, 0) is 16.0 Å². The number of rotatable bonds is 7. The third kappa shape index (κ3) is 4.77. The van der Waals surface area contributed by atoms with Crippen LogP contribution < -0.4 is 9.47 Å². The minimum absolute atomic E-state index is 0.0700. The van der Waals surface area contributed by atoms with Gasteiger partial charge in [0.15, 0.2) is 0 Å². The molecule has 182 valence electrons. The molecule has 1 fully saturated rings. The summed E-state index contributed by atoms with van der Waals surface area (Å²) in [5.41, 5.74) is 4.72. The summed E-state index contributed by atoms with van der Waals surface area (Å²) in [4.78, 5) is 12.3. The van der Waals surface area contributed by atoms with Crippen LogP contribution in [0, 0.1) is 17.7 Å². The molecule has 1 saturated carbocycles. The Hall–Kier alpha value is -3.34. The van der Waals surface area contributed by atoms with E-state index in [0.717, 1.165) is 48.1 Å². The molecule has 1 aliphatic heterocycles. The summed E-state index contributed by atoms with van der Waals surface area (Å²) in [6.45, 7) is 1.96. The summed E-state index contributed by atoms with van der Waals surface area (Å²) < 4.78 is 31.2. The Balaban J connectivity index is 1.37. The van der Waals surface area contributed by atoms with Crippen LogP contribution in [0.15, 0.2) is 60.7 Å². The lowest BCUT2D eigenvalue weighted by atomic mass is 9.82. The minimum Gasteiger partial charge on any atom is -0.497 e. The zero-order valence-electron chi connectivity index (χ0n) is 20.4. The fourth-order valence-electron chi connectivity index (χ4n) is 5.32. The number of aryl methyl sites for hydroxylation is 1. The summed E-state index contributed by atoms with van der Waals surface area (Å²) in [7, 11) is 3.03. The van der Waals surface area contributed by atoms with Crippen LogP contribution in [0.5, 0.6) is 11.5 Å². The number of hydrogen-bond acceptors (Lipinski definition) is 4. The molecule has 5 heteroatoms. The van der Waals surface area contributed by atoms with E-state index in [4.69, 9.17) is 14.2 Å². The van der Waals surface area contributed by atoms with Gasteiger partial charge in [0.1, 0.15) is 23.4 Å². The summed E-state index contributed by atoms with van der Waals surface area (Å²) in [5.74, 6) is 1.56. The van der Waals surface area contributed by atoms with Crippen molar-refractivity contribution in [3.63, 3.8) is 0 Å². The van der Waals surface area contributed by atoms with E-state index in [-0.39, 0.29) is 29.7 Å². The maximum atomic E-state index is 14.4. The van der Waals surface area contributed by atoms with Crippen molar-refractivity contribution in [2.45, 2.75) is 44.6 Å². The zero-order chi connectivity index (χ0) is 24.5. The molecule has 35 heavy (non-hydrogen) atoms. The Morgan fingerprint density at radius 3 is 2.46 bits per heavy atom. The van der Waals surface area contributed by atoms with E-state index in [0.29, 0.717) is 17.2 Å². The number of fused-ring (bicyclic) bond motifs is 1. The van der Waals surface area contributed by atoms with Gasteiger partial charge >= 0.3 is 5.97 Å². The number of methoxy groups -OCH3 is 2. The van der Waals surface area contributed by atoms with Crippen molar-refractivity contribution >= 4 is 5.97 Å². The first-order valence-corrected chi connectivity index (χ1v) is 12.3. The number of benzene rings is 3. The van der Waals surface area contributed by atoms with Gasteiger partial charge in [0.2, 0.25) is 0 Å². The van der Waals surface area contributed by atoms with E-state index in [1.807, 2.05) is 31.2 Å². The smallest absolute Gasteiger partial charge is 0.309 e. The lowest BCUT2D eigenvalue weighted by Crippen LogP contribution is -2.23. The van der Waals surface area contributed by atoms with E-state index in [9.17, 15) is 9.18 Å². The number of carbonyl (C=O) groups excluding carboxylic acids is 1. The monoisotopic (exact) mass is 474 g/mol. The van der Waals surface area contributed by atoms with Crippen molar-refractivity contribution in [3.8, 4) is 22.6 Å². The lowest BCUT2D eigenvalue weighted by molar-refractivity contribution is -0.145. The molecule has 0 saturated heterocycles. The third-order valence-electron chi connectivity index (χ3n) is 7.43. The first kappa shape index (κ1) is 23.4. The molecule has 0 spiro atoms. The topological polar surface area (TPSA) is 44.8 Å². The van der Waals surface area contributed by atoms with Crippen LogP contribution in [0.4, 0.5) is 4.39 Å². The van der Waals surface area contributed by atoms with Crippen LogP contribution in [0.25, 0.3) is 11.1 Å². The second-order valence-corrected chi connectivity index (χ2v) is 9.66. The molecule has 3 atom stereocenters. The molecule has 3 aromatic carbocycles. The molecule has 0 N–H and O–H groups in total. The van der Waals surface area contributed by atoms with Gasteiger partial charge in [-0.05, 0) is 84.0 Å². The van der Waals surface area contributed by atoms with Gasteiger partial charge in [0.25, 0.3) is 0 Å². The molecule has 4 nitrogen and oxygen atoms in total. The van der Waals surface area contributed by atoms with Crippen molar-refractivity contribution in [3.05, 3.63) is 83.2 Å². The van der Waals surface area contributed by atoms with Gasteiger partial charge in [0, 0.05) is 5.56 Å². The van der Waals surface area contributed by atoms with E-state index in [2.05, 4.69) is 18.2 Å². The highest BCUT2D eigenvalue weighted by molar-refractivity contribution is 5.73. The average Bonchev–Trinajstić information content (AvgIpc) is 3.73. The van der Waals surface area contributed by atoms with Gasteiger partial charge in [0.05, 0.1) is 20.1 Å². The van der Waals surface area contributed by atoms with Gasteiger partial charge in [-0.1, -0.05) is 43.3 Å². The fraction of sp³-hybridized carbons (Fsp3) is 0.367. The van der Waals surface area contributed by atoms with Gasteiger partial charge < -0.3 is 14.2 Å². The zero-order valence-corrected chi connectivity index (χ0v) is 20.4. The molecular formula is C30H31FO4. The van der Waals surface area contributed by atoms with Crippen molar-refractivity contribution < 1.29 is 23.4 Å². The highest BCUT2D eigenvalue weighted by atomic mass is 19.1. The van der Waals surface area contributed by atoms with Crippen LogP contribution in [-0.4, -0.2) is 20.2 Å². The van der Waals surface area contributed by atoms with Crippen LogP contribution in [0.1, 0.15) is 54.9 Å². The number of halogens is 1. The van der Waals surface area contributed by atoms with E-state index in [1.165, 1.54) is 18.7 Å². The highest BCUT2D eigenvalue weighted by Gasteiger charge is 2.39. The first-order valence-electron chi connectivity index (χ1n) is 12.3. The normalized spacial score (nSPS) is 18.7. The molecule has 1 heterocycles. The Kier molecular flexibility index (Phi) is 6.50. The molecule has 5 rings (SSSR count). The highest BCUT2D eigenvalue weighted by Crippen LogP contribution is 2.48. The Morgan fingerprint density at radius 1 is 1.00 bits per heavy atom. The number of hydrogen-bond donors (Lipinski definition) is 0. The van der Waals surface area contributed by atoms with Crippen molar-refractivity contribution in [2.24, 2.45) is 11.8 Å². The molecule has 0 amide bonds. The molecule has 1 aliphatic carbocycles. The standard InChI is InChI=1S/C30H31FO4/c1-18(30(32)34-3)29(22-9-10-22)23-11-8-21-12-15-27(35-28(21)16-23)20-6-4-19(5-7-20)25-17-24(33-2)13-14-26(25)31/h4-8,11,13-14,16-18,22,27,29H,9-10,12,15H2,1-3H3/t18?,27-,29?/m0/s1. The quantitative estimate of drug-likeness (QED) is 0.351. The molecular weight excluding hydrogens is 443 g/mol. The Morgan fingerprint density at radius 2 is 1.77 bits per heavy atom. The van der Waals surface area contributed by atoms with Crippen LogP contribution >= 0.6 is 0 Å². The van der Waals surface area contributed by atoms with E-state index < -0.39 is 0 Å². The molecule has 0 bridgehead atoms. The predicted molar refractivity (Wildman–Crippen MR) is 133 cm³/mol. The van der Waals surface area contributed by atoms with Gasteiger partial charge in [-0.2, -0.15) is 0 Å². The molecule has 2 unspecified atom stereocenters. The van der Waals surface area contributed by atoms with Gasteiger partial charge in [-0.3, -0.25) is 4.79 Å². The largest absolute Gasteiger partial charge is 0.497 e. The predicted octanol–water partition coefficient (Wildman–Crippen LogP) is 6.87. The fourth-order valence-corrected chi connectivity index (χ4v) is 5.32. The third-order valence-corrected chi connectivity index (χ3v) is 7.43. The second kappa shape index (κ2) is 9.73. The Bertz CT molecular complexity index is 1220. The average molecular weight is 475 g/mol. The number of ether oxygens (including phenoxy) is 3. The molecule has 0 aromatic heterocycles. The number of esters is 1. The summed E-state index contributed by atoms with van der Waals surface area (Å²) >= 11 is 0. The maximum absolute atomic E-state index is 14.4. The van der Waals surface area contributed by atoms with Crippen LogP contribution in [0.3, 0.4) is 0 Å². The van der Waals surface area contributed by atoms with Gasteiger partial charge in [-0.15, -0.1) is 0 Å². The summed E-state index contributed by atoms with van der Waals surface area (Å²) in [5, 5.41) is 0. The first-order chi connectivity index (χ1) is 17.0. The molecule has 3 aromatic rings. The maximum Gasteiger partial charge on any atom is 0.309 e. The number of carbonyl (C=O) groups is 1. The summed E-state index contributed by atoms with van der Waals surface area (Å²) in [6.07, 6.45) is 4.02. The second-order valence-electron chi connectivity index (χ2n) is 9.66. The lowest BCUT2D eigenvalue weighted by Gasteiger charge is -2.29. The van der Waals surface area contributed by atoms with Gasteiger partial charge in [-0.25, -0.2) is 4.39 Å². The van der Waals surface area contributed by atoms with E-state index in [1.54, 1.807) is 19.2 Å². The summed E-state index contributed by atoms with van der Waals surface area (Å²) in [6, 6.07) is 19.1. The SMILES string of the molecule is COC(=O)C(C)C(c1ccc2c(c1)O[C@H](c1ccc(-c3cc(OC)ccc3F)cc1)CC2)C1CC1. The van der Waals surface area contributed by atoms with Crippen molar-refractivity contribution in [1.82, 2.24) is 0 Å². The van der Waals surface area contributed by atoms with Crippen LogP contribution in [0.2, 0.25) is 0 Å². The molecule has 2 aliphatic rings. The van der Waals surface area contributed by atoms with E-state index >= 15 is 0 Å².